The topological polar surface area (TPSA) is 37.3 Å². The van der Waals surface area contributed by atoms with Crippen molar-refractivity contribution < 1.29 is 9.90 Å². The van der Waals surface area contributed by atoms with E-state index >= 15 is 0 Å². The standard InChI is InChI=1S/C13H13ClO2/c1-8(13(15)16)10-3-2-9-4-5-12(14)7-11(9)6-10/h4-8H,2-3H2,1H3,(H,15,16). The van der Waals surface area contributed by atoms with E-state index in [1.165, 1.54) is 5.56 Å². The van der Waals surface area contributed by atoms with E-state index < -0.39 is 11.9 Å². The molecule has 1 aromatic rings. The molecule has 16 heavy (non-hydrogen) atoms. The number of benzene rings is 1. The first kappa shape index (κ1) is 11.2. The second-order valence-electron chi connectivity index (χ2n) is 4.12. The van der Waals surface area contributed by atoms with Crippen LogP contribution >= 0.6 is 11.6 Å². The maximum atomic E-state index is 10.9. The highest BCUT2D eigenvalue weighted by atomic mass is 35.5. The molecule has 0 saturated carbocycles. The first-order chi connectivity index (χ1) is 7.58. The Morgan fingerprint density at radius 3 is 2.88 bits per heavy atom. The van der Waals surface area contributed by atoms with E-state index in [9.17, 15) is 4.79 Å². The average Bonchev–Trinajstić information content (AvgIpc) is 2.26. The van der Waals surface area contributed by atoms with E-state index in [0.717, 1.165) is 24.0 Å². The largest absolute Gasteiger partial charge is 0.481 e. The van der Waals surface area contributed by atoms with Crippen LogP contribution in [0.15, 0.2) is 23.8 Å². The molecular formula is C13H13ClO2. The molecule has 0 saturated heterocycles. The van der Waals surface area contributed by atoms with Gasteiger partial charge in [0.2, 0.25) is 0 Å². The van der Waals surface area contributed by atoms with Gasteiger partial charge in [0.05, 0.1) is 5.92 Å². The van der Waals surface area contributed by atoms with E-state index in [4.69, 9.17) is 16.7 Å². The smallest absolute Gasteiger partial charge is 0.310 e. The lowest BCUT2D eigenvalue weighted by Gasteiger charge is -2.19. The van der Waals surface area contributed by atoms with E-state index in [1.807, 2.05) is 24.3 Å². The lowest BCUT2D eigenvalue weighted by Crippen LogP contribution is -2.14. The SMILES string of the molecule is CC(C(=O)O)C1=Cc2cc(Cl)ccc2CC1. The van der Waals surface area contributed by atoms with Crippen LogP contribution in [0.25, 0.3) is 6.08 Å². The van der Waals surface area contributed by atoms with Crippen LogP contribution in [-0.4, -0.2) is 11.1 Å². The van der Waals surface area contributed by atoms with Crippen molar-refractivity contribution in [2.45, 2.75) is 19.8 Å². The van der Waals surface area contributed by atoms with Crippen LogP contribution in [0, 0.1) is 5.92 Å². The molecule has 1 unspecified atom stereocenters. The summed E-state index contributed by atoms with van der Waals surface area (Å²) in [4.78, 5) is 10.9. The second kappa shape index (κ2) is 4.30. The number of fused-ring (bicyclic) bond motifs is 1. The summed E-state index contributed by atoms with van der Waals surface area (Å²) in [5.74, 6) is -1.18. The number of carbonyl (C=O) groups is 1. The molecule has 0 heterocycles. The molecule has 2 nitrogen and oxygen atoms in total. The minimum absolute atomic E-state index is 0.410. The molecule has 0 amide bonds. The van der Waals surface area contributed by atoms with Gasteiger partial charge in [-0.1, -0.05) is 29.3 Å². The normalized spacial score (nSPS) is 16.2. The number of aliphatic carboxylic acids is 1. The molecule has 1 atom stereocenters. The highest BCUT2D eigenvalue weighted by Gasteiger charge is 2.20. The molecule has 1 aliphatic carbocycles. The molecule has 0 aromatic heterocycles. The summed E-state index contributed by atoms with van der Waals surface area (Å²) in [6, 6.07) is 5.78. The van der Waals surface area contributed by atoms with E-state index in [2.05, 4.69) is 0 Å². The minimum atomic E-state index is -0.767. The fourth-order valence-corrected chi connectivity index (χ4v) is 2.16. The molecule has 0 fully saturated rings. The first-order valence-electron chi connectivity index (χ1n) is 5.29. The number of hydrogen-bond donors (Lipinski definition) is 1. The van der Waals surface area contributed by atoms with Gasteiger partial charge in [0.15, 0.2) is 0 Å². The zero-order chi connectivity index (χ0) is 11.7. The second-order valence-corrected chi connectivity index (χ2v) is 4.56. The van der Waals surface area contributed by atoms with Gasteiger partial charge in [0, 0.05) is 5.02 Å². The van der Waals surface area contributed by atoms with E-state index in [0.29, 0.717) is 5.02 Å². The predicted molar refractivity (Wildman–Crippen MR) is 64.5 cm³/mol. The van der Waals surface area contributed by atoms with Gasteiger partial charge in [-0.25, -0.2) is 0 Å². The molecule has 84 valence electrons. The van der Waals surface area contributed by atoms with Crippen molar-refractivity contribution in [1.82, 2.24) is 0 Å². The van der Waals surface area contributed by atoms with E-state index in [-0.39, 0.29) is 0 Å². The third-order valence-corrected chi connectivity index (χ3v) is 3.29. The van der Waals surface area contributed by atoms with Gasteiger partial charge in [0.25, 0.3) is 0 Å². The van der Waals surface area contributed by atoms with Crippen LogP contribution in [0.5, 0.6) is 0 Å². The number of hydrogen-bond acceptors (Lipinski definition) is 1. The fourth-order valence-electron chi connectivity index (χ4n) is 1.98. The van der Waals surface area contributed by atoms with Crippen LogP contribution in [0.4, 0.5) is 0 Å². The van der Waals surface area contributed by atoms with Crippen LogP contribution in [-0.2, 0) is 11.2 Å². The quantitative estimate of drug-likeness (QED) is 0.855. The van der Waals surface area contributed by atoms with Crippen molar-refractivity contribution in [3.8, 4) is 0 Å². The van der Waals surface area contributed by atoms with Gasteiger partial charge in [0.1, 0.15) is 0 Å². The van der Waals surface area contributed by atoms with Crippen molar-refractivity contribution in [1.29, 1.82) is 0 Å². The van der Waals surface area contributed by atoms with Gasteiger partial charge in [-0.15, -0.1) is 0 Å². The van der Waals surface area contributed by atoms with Gasteiger partial charge in [-0.3, -0.25) is 4.79 Å². The summed E-state index contributed by atoms with van der Waals surface area (Å²) in [5.41, 5.74) is 3.27. The highest BCUT2D eigenvalue weighted by Crippen LogP contribution is 2.30. The number of carboxylic acids is 1. The summed E-state index contributed by atoms with van der Waals surface area (Å²) in [7, 11) is 0. The average molecular weight is 237 g/mol. The van der Waals surface area contributed by atoms with Gasteiger partial charge >= 0.3 is 5.97 Å². The zero-order valence-electron chi connectivity index (χ0n) is 9.03. The van der Waals surface area contributed by atoms with Crippen molar-refractivity contribution in [3.63, 3.8) is 0 Å². The Morgan fingerprint density at radius 2 is 2.19 bits per heavy atom. The summed E-state index contributed by atoms with van der Waals surface area (Å²) >= 11 is 5.92. The third kappa shape index (κ3) is 2.12. The van der Waals surface area contributed by atoms with Crippen LogP contribution in [0.1, 0.15) is 24.5 Å². The number of aryl methyl sites for hydroxylation is 1. The van der Waals surface area contributed by atoms with Crippen molar-refractivity contribution in [2.24, 2.45) is 5.92 Å². The van der Waals surface area contributed by atoms with Crippen molar-refractivity contribution in [2.75, 3.05) is 0 Å². The molecule has 1 N–H and O–H groups in total. The molecule has 0 bridgehead atoms. The Balaban J connectivity index is 2.37. The molecule has 0 spiro atoms. The summed E-state index contributed by atoms with van der Waals surface area (Å²) < 4.78 is 0. The summed E-state index contributed by atoms with van der Waals surface area (Å²) in [5, 5.41) is 9.66. The Kier molecular flexibility index (Phi) is 3.01. The molecule has 0 aliphatic heterocycles. The Bertz CT molecular complexity index is 463. The lowest BCUT2D eigenvalue weighted by atomic mass is 9.86. The lowest BCUT2D eigenvalue weighted by molar-refractivity contribution is -0.139. The molecule has 0 radical (unpaired) electrons. The number of rotatable bonds is 2. The maximum Gasteiger partial charge on any atom is 0.310 e. The van der Waals surface area contributed by atoms with Crippen LogP contribution in [0.2, 0.25) is 5.02 Å². The van der Waals surface area contributed by atoms with Gasteiger partial charge < -0.3 is 5.11 Å². The molecule has 3 heteroatoms. The molecular weight excluding hydrogens is 224 g/mol. The minimum Gasteiger partial charge on any atom is -0.481 e. The maximum absolute atomic E-state index is 10.9. The Morgan fingerprint density at radius 1 is 1.44 bits per heavy atom. The number of halogens is 1. The molecule has 1 aliphatic rings. The number of carboxylic acid groups (broad SMARTS) is 1. The van der Waals surface area contributed by atoms with Crippen molar-refractivity contribution in [3.05, 3.63) is 39.9 Å². The van der Waals surface area contributed by atoms with Crippen LogP contribution in [0.3, 0.4) is 0 Å². The predicted octanol–water partition coefficient (Wildman–Crippen LogP) is 3.39. The Hall–Kier alpha value is -1.28. The zero-order valence-corrected chi connectivity index (χ0v) is 9.79. The van der Waals surface area contributed by atoms with Gasteiger partial charge in [-0.05, 0) is 43.0 Å². The molecule has 1 aromatic carbocycles. The Labute approximate surface area is 99.5 Å². The third-order valence-electron chi connectivity index (χ3n) is 3.06. The highest BCUT2D eigenvalue weighted by molar-refractivity contribution is 6.30. The van der Waals surface area contributed by atoms with Gasteiger partial charge in [-0.2, -0.15) is 0 Å². The fraction of sp³-hybridized carbons (Fsp3) is 0.308. The first-order valence-corrected chi connectivity index (χ1v) is 5.67. The van der Waals surface area contributed by atoms with E-state index in [1.54, 1.807) is 6.92 Å². The monoisotopic (exact) mass is 236 g/mol. The summed E-state index contributed by atoms with van der Waals surface area (Å²) in [6.45, 7) is 1.73. The summed E-state index contributed by atoms with van der Waals surface area (Å²) in [6.07, 6.45) is 3.68. The van der Waals surface area contributed by atoms with Crippen molar-refractivity contribution >= 4 is 23.6 Å². The van der Waals surface area contributed by atoms with Crippen LogP contribution < -0.4 is 0 Å². The molecule has 2 rings (SSSR count).